The summed E-state index contributed by atoms with van der Waals surface area (Å²) in [7, 11) is 0. The Morgan fingerprint density at radius 3 is 2.34 bits per heavy atom. The molecule has 4 aromatic rings. The molecule has 0 spiro atoms. The number of ether oxygens (including phenoxy) is 3. The Hall–Kier alpha value is -3.79. The van der Waals surface area contributed by atoms with E-state index in [1.165, 1.54) is 0 Å². The highest BCUT2D eigenvalue weighted by molar-refractivity contribution is 6.05. The lowest BCUT2D eigenvalue weighted by atomic mass is 10.0. The number of carbonyl (C=O) groups excluding carboxylic acids is 1. The normalized spacial score (nSPS) is 11.8. The van der Waals surface area contributed by atoms with Gasteiger partial charge in [0.05, 0.1) is 0 Å². The largest absolute Gasteiger partial charge is 0.488 e. The molecule has 32 heavy (non-hydrogen) atoms. The standard InChI is InChI=1S/C28H26O4/c1-4-22(32-28(29)19(2)3)18-30-27-25-13-9-8-10-20(25)16-21-14-15-24(17-26(21)27)31-23-11-6-5-7-12-23/h5-17,22H,2,4,18H2,1,3H3. The maximum atomic E-state index is 12.0. The minimum atomic E-state index is -0.401. The van der Waals surface area contributed by atoms with Crippen molar-refractivity contribution in [2.45, 2.75) is 26.4 Å². The lowest BCUT2D eigenvalue weighted by Gasteiger charge is -2.19. The highest BCUT2D eigenvalue weighted by Crippen LogP contribution is 2.37. The molecule has 4 aromatic carbocycles. The maximum Gasteiger partial charge on any atom is 0.333 e. The van der Waals surface area contributed by atoms with Crippen LogP contribution in [0.2, 0.25) is 0 Å². The van der Waals surface area contributed by atoms with E-state index >= 15 is 0 Å². The summed E-state index contributed by atoms with van der Waals surface area (Å²) < 4.78 is 17.9. The predicted octanol–water partition coefficient (Wildman–Crippen LogP) is 7.06. The van der Waals surface area contributed by atoms with Crippen LogP contribution < -0.4 is 9.47 Å². The average Bonchev–Trinajstić information content (AvgIpc) is 2.81. The van der Waals surface area contributed by atoms with E-state index in [-0.39, 0.29) is 12.7 Å². The van der Waals surface area contributed by atoms with E-state index in [0.29, 0.717) is 12.0 Å². The molecule has 0 amide bonds. The summed E-state index contributed by atoms with van der Waals surface area (Å²) in [5.41, 5.74) is 0.377. The van der Waals surface area contributed by atoms with Crippen LogP contribution in [0.25, 0.3) is 21.5 Å². The fourth-order valence-corrected chi connectivity index (χ4v) is 3.51. The molecule has 1 unspecified atom stereocenters. The lowest BCUT2D eigenvalue weighted by Crippen LogP contribution is -2.24. The first-order valence-corrected chi connectivity index (χ1v) is 10.7. The van der Waals surface area contributed by atoms with Crippen molar-refractivity contribution in [1.29, 1.82) is 0 Å². The summed E-state index contributed by atoms with van der Waals surface area (Å²) in [6, 6.07) is 25.9. The van der Waals surface area contributed by atoms with Gasteiger partial charge in [-0.25, -0.2) is 4.79 Å². The summed E-state index contributed by atoms with van der Waals surface area (Å²) in [5.74, 6) is 1.85. The van der Waals surface area contributed by atoms with Crippen molar-refractivity contribution in [3.05, 3.63) is 91.0 Å². The molecule has 0 aromatic heterocycles. The third kappa shape index (κ3) is 4.75. The third-order valence-electron chi connectivity index (χ3n) is 5.26. The summed E-state index contributed by atoms with van der Waals surface area (Å²) in [4.78, 5) is 12.0. The van der Waals surface area contributed by atoms with E-state index in [0.717, 1.165) is 38.8 Å². The summed E-state index contributed by atoms with van der Waals surface area (Å²) in [5, 5.41) is 4.07. The van der Waals surface area contributed by atoms with E-state index < -0.39 is 5.97 Å². The fraction of sp³-hybridized carbons (Fsp3) is 0.179. The Labute approximate surface area is 188 Å². The Balaban J connectivity index is 1.71. The summed E-state index contributed by atoms with van der Waals surface area (Å²) in [6.45, 7) is 7.52. The molecule has 1 atom stereocenters. The molecule has 0 aliphatic heterocycles. The fourth-order valence-electron chi connectivity index (χ4n) is 3.51. The average molecular weight is 427 g/mol. The van der Waals surface area contributed by atoms with Crippen LogP contribution in [0.15, 0.2) is 91.0 Å². The molecule has 4 rings (SSSR count). The van der Waals surface area contributed by atoms with Crippen LogP contribution in [0.4, 0.5) is 0 Å². The van der Waals surface area contributed by atoms with Crippen molar-refractivity contribution in [2.24, 2.45) is 0 Å². The van der Waals surface area contributed by atoms with E-state index in [1.54, 1.807) is 6.92 Å². The molecule has 0 N–H and O–H groups in total. The van der Waals surface area contributed by atoms with Gasteiger partial charge in [0, 0.05) is 16.3 Å². The van der Waals surface area contributed by atoms with Crippen LogP contribution in [0.5, 0.6) is 17.2 Å². The van der Waals surface area contributed by atoms with Crippen LogP contribution in [-0.4, -0.2) is 18.7 Å². The number of carbonyl (C=O) groups is 1. The predicted molar refractivity (Wildman–Crippen MR) is 128 cm³/mol. The number of hydrogen-bond acceptors (Lipinski definition) is 4. The number of hydrogen-bond donors (Lipinski definition) is 0. The van der Waals surface area contributed by atoms with Gasteiger partial charge in [-0.05, 0) is 54.4 Å². The zero-order valence-corrected chi connectivity index (χ0v) is 18.3. The second-order valence-corrected chi connectivity index (χ2v) is 7.75. The van der Waals surface area contributed by atoms with Gasteiger partial charge in [-0.15, -0.1) is 0 Å². The molecule has 4 nitrogen and oxygen atoms in total. The molecule has 0 aliphatic carbocycles. The van der Waals surface area contributed by atoms with E-state index in [1.807, 2.05) is 73.7 Å². The minimum Gasteiger partial charge on any atom is -0.488 e. The molecule has 4 heteroatoms. The van der Waals surface area contributed by atoms with Crippen LogP contribution in [0.3, 0.4) is 0 Å². The van der Waals surface area contributed by atoms with Crippen LogP contribution >= 0.6 is 0 Å². The third-order valence-corrected chi connectivity index (χ3v) is 5.26. The first-order chi connectivity index (χ1) is 15.5. The van der Waals surface area contributed by atoms with Gasteiger partial charge in [-0.3, -0.25) is 0 Å². The zero-order valence-electron chi connectivity index (χ0n) is 18.3. The topological polar surface area (TPSA) is 44.8 Å². The van der Waals surface area contributed by atoms with Gasteiger partial charge in [0.1, 0.15) is 30.0 Å². The second-order valence-electron chi connectivity index (χ2n) is 7.75. The van der Waals surface area contributed by atoms with Crippen LogP contribution in [0.1, 0.15) is 20.3 Å². The number of para-hydroxylation sites is 1. The van der Waals surface area contributed by atoms with E-state index in [4.69, 9.17) is 14.2 Å². The van der Waals surface area contributed by atoms with Crippen molar-refractivity contribution >= 4 is 27.5 Å². The second kappa shape index (κ2) is 9.56. The van der Waals surface area contributed by atoms with Gasteiger partial charge in [0.25, 0.3) is 0 Å². The van der Waals surface area contributed by atoms with Crippen LogP contribution in [-0.2, 0) is 9.53 Å². The van der Waals surface area contributed by atoms with Gasteiger partial charge < -0.3 is 14.2 Å². The van der Waals surface area contributed by atoms with Crippen molar-refractivity contribution < 1.29 is 19.0 Å². The minimum absolute atomic E-state index is 0.252. The number of fused-ring (bicyclic) bond motifs is 2. The molecule has 0 heterocycles. The SMILES string of the molecule is C=C(C)C(=O)OC(CC)COc1c2ccccc2cc2ccc(Oc3ccccc3)cc12. The van der Waals surface area contributed by atoms with Crippen molar-refractivity contribution in [3.63, 3.8) is 0 Å². The van der Waals surface area contributed by atoms with Gasteiger partial charge in [0.15, 0.2) is 0 Å². The van der Waals surface area contributed by atoms with E-state index in [9.17, 15) is 4.79 Å². The Morgan fingerprint density at radius 1 is 0.875 bits per heavy atom. The first-order valence-electron chi connectivity index (χ1n) is 10.7. The van der Waals surface area contributed by atoms with Gasteiger partial charge >= 0.3 is 5.97 Å². The van der Waals surface area contributed by atoms with Crippen molar-refractivity contribution in [2.75, 3.05) is 6.61 Å². The number of rotatable bonds is 8. The summed E-state index contributed by atoms with van der Waals surface area (Å²) >= 11 is 0. The Kier molecular flexibility index (Phi) is 6.41. The van der Waals surface area contributed by atoms with Gasteiger partial charge in [0.2, 0.25) is 0 Å². The van der Waals surface area contributed by atoms with Gasteiger partial charge in [-0.1, -0.05) is 62.0 Å². The molecular formula is C28H26O4. The highest BCUT2D eigenvalue weighted by atomic mass is 16.6. The zero-order chi connectivity index (χ0) is 22.5. The van der Waals surface area contributed by atoms with Crippen molar-refractivity contribution in [1.82, 2.24) is 0 Å². The monoisotopic (exact) mass is 426 g/mol. The smallest absolute Gasteiger partial charge is 0.333 e. The maximum absolute atomic E-state index is 12.0. The van der Waals surface area contributed by atoms with Gasteiger partial charge in [-0.2, -0.15) is 0 Å². The highest BCUT2D eigenvalue weighted by Gasteiger charge is 2.17. The summed E-state index contributed by atoms with van der Waals surface area (Å²) in [6.07, 6.45) is 0.279. The molecule has 162 valence electrons. The van der Waals surface area contributed by atoms with Crippen molar-refractivity contribution in [3.8, 4) is 17.2 Å². The molecule has 0 bridgehead atoms. The molecule has 0 fully saturated rings. The molecule has 0 aliphatic rings. The molecule has 0 saturated carbocycles. The number of benzene rings is 4. The number of esters is 1. The van der Waals surface area contributed by atoms with E-state index in [2.05, 4.69) is 18.7 Å². The first kappa shape index (κ1) is 21.4. The Morgan fingerprint density at radius 2 is 1.59 bits per heavy atom. The van der Waals surface area contributed by atoms with Crippen LogP contribution in [0, 0.1) is 0 Å². The quantitative estimate of drug-likeness (QED) is 0.172. The lowest BCUT2D eigenvalue weighted by molar-refractivity contribution is -0.145. The molecule has 0 saturated heterocycles. The Bertz CT molecular complexity index is 1260. The molecular weight excluding hydrogens is 400 g/mol. The molecule has 0 radical (unpaired) electrons.